The zero-order chi connectivity index (χ0) is 18.8. The summed E-state index contributed by atoms with van der Waals surface area (Å²) in [6, 6.07) is 9.09. The SMILES string of the molecule is CN=C(NCC1CCCN(C)C1c1cccc(Cl)c1)NC1CC2CCC1O2.I. The molecule has 3 heterocycles. The van der Waals surface area contributed by atoms with Gasteiger partial charge in [-0.3, -0.25) is 9.89 Å². The summed E-state index contributed by atoms with van der Waals surface area (Å²) in [7, 11) is 4.07. The molecule has 3 fully saturated rings. The smallest absolute Gasteiger partial charge is 0.191 e. The number of halogens is 2. The van der Waals surface area contributed by atoms with E-state index in [0.29, 0.717) is 30.2 Å². The van der Waals surface area contributed by atoms with Crippen LogP contribution in [0.4, 0.5) is 0 Å². The molecule has 156 valence electrons. The number of piperidine rings is 1. The van der Waals surface area contributed by atoms with Gasteiger partial charge in [-0.1, -0.05) is 23.7 Å². The number of benzene rings is 1. The van der Waals surface area contributed by atoms with Crippen molar-refractivity contribution in [1.29, 1.82) is 0 Å². The summed E-state index contributed by atoms with van der Waals surface area (Å²) in [5, 5.41) is 7.99. The van der Waals surface area contributed by atoms with Crippen molar-refractivity contribution in [3.05, 3.63) is 34.9 Å². The van der Waals surface area contributed by atoms with E-state index >= 15 is 0 Å². The van der Waals surface area contributed by atoms with Crippen LogP contribution in [-0.2, 0) is 4.74 Å². The maximum absolute atomic E-state index is 6.26. The van der Waals surface area contributed by atoms with Gasteiger partial charge in [-0.2, -0.15) is 0 Å². The second kappa shape index (κ2) is 9.96. The van der Waals surface area contributed by atoms with Crippen LogP contribution in [0.1, 0.15) is 43.7 Å². The van der Waals surface area contributed by atoms with Gasteiger partial charge in [0, 0.05) is 24.7 Å². The van der Waals surface area contributed by atoms with Crippen LogP contribution in [0.5, 0.6) is 0 Å². The van der Waals surface area contributed by atoms with Crippen molar-refractivity contribution in [2.45, 2.75) is 56.4 Å². The molecule has 2 bridgehead atoms. The van der Waals surface area contributed by atoms with Gasteiger partial charge in [-0.15, -0.1) is 24.0 Å². The first-order valence-electron chi connectivity index (χ1n) is 10.2. The predicted molar refractivity (Wildman–Crippen MR) is 126 cm³/mol. The van der Waals surface area contributed by atoms with Gasteiger partial charge in [0.05, 0.1) is 18.2 Å². The molecule has 4 rings (SSSR count). The van der Waals surface area contributed by atoms with Crippen LogP contribution >= 0.6 is 35.6 Å². The van der Waals surface area contributed by atoms with Crippen molar-refractivity contribution in [1.82, 2.24) is 15.5 Å². The Hall–Kier alpha value is -0.570. The van der Waals surface area contributed by atoms with E-state index in [2.05, 4.69) is 45.8 Å². The molecular formula is C21H32ClIN4O. The molecule has 0 spiro atoms. The zero-order valence-corrected chi connectivity index (χ0v) is 19.8. The maximum atomic E-state index is 6.26. The first-order valence-corrected chi connectivity index (χ1v) is 10.6. The standard InChI is InChI=1S/C21H31ClN4O.HI/c1-23-21(25-18-12-17-8-9-19(18)27-17)24-13-15-6-4-10-26(2)20(15)14-5-3-7-16(22)11-14;/h3,5,7,11,15,17-20H,4,6,8-10,12-13H2,1-2H3,(H2,23,24,25);1H. The summed E-state index contributed by atoms with van der Waals surface area (Å²) in [6.45, 7) is 2.03. The third-order valence-corrected chi connectivity index (χ3v) is 6.62. The minimum Gasteiger partial charge on any atom is -0.373 e. The summed E-state index contributed by atoms with van der Waals surface area (Å²) in [5.41, 5.74) is 1.31. The molecule has 0 radical (unpaired) electrons. The van der Waals surface area contributed by atoms with Crippen LogP contribution < -0.4 is 10.6 Å². The number of hydrogen-bond donors (Lipinski definition) is 2. The molecule has 0 amide bonds. The highest BCUT2D eigenvalue weighted by Gasteiger charge is 2.41. The molecular weight excluding hydrogens is 487 g/mol. The fraction of sp³-hybridized carbons (Fsp3) is 0.667. The van der Waals surface area contributed by atoms with E-state index in [4.69, 9.17) is 16.3 Å². The molecule has 5 atom stereocenters. The van der Waals surface area contributed by atoms with Gasteiger partial charge in [0.1, 0.15) is 0 Å². The van der Waals surface area contributed by atoms with Crippen molar-refractivity contribution in [2.75, 3.05) is 27.2 Å². The first kappa shape index (κ1) is 22.1. The number of guanidine groups is 1. The summed E-state index contributed by atoms with van der Waals surface area (Å²) in [5.74, 6) is 1.42. The number of hydrogen-bond acceptors (Lipinski definition) is 3. The molecule has 7 heteroatoms. The van der Waals surface area contributed by atoms with Gasteiger partial charge < -0.3 is 15.4 Å². The number of aliphatic imine (C=N–C) groups is 1. The van der Waals surface area contributed by atoms with Crippen molar-refractivity contribution < 1.29 is 4.74 Å². The van der Waals surface area contributed by atoms with Crippen molar-refractivity contribution in [3.63, 3.8) is 0 Å². The lowest BCUT2D eigenvalue weighted by Gasteiger charge is -2.40. The molecule has 2 N–H and O–H groups in total. The van der Waals surface area contributed by atoms with Crippen LogP contribution in [0.15, 0.2) is 29.3 Å². The van der Waals surface area contributed by atoms with Crippen molar-refractivity contribution in [3.8, 4) is 0 Å². The van der Waals surface area contributed by atoms with E-state index in [1.165, 1.54) is 31.2 Å². The molecule has 5 nitrogen and oxygen atoms in total. The summed E-state index contributed by atoms with van der Waals surface area (Å²) >= 11 is 6.26. The lowest BCUT2D eigenvalue weighted by Crippen LogP contribution is -2.50. The van der Waals surface area contributed by atoms with Gasteiger partial charge in [-0.25, -0.2) is 0 Å². The van der Waals surface area contributed by atoms with Crippen LogP contribution in [0.25, 0.3) is 0 Å². The van der Waals surface area contributed by atoms with Crippen LogP contribution in [0.3, 0.4) is 0 Å². The van der Waals surface area contributed by atoms with Gasteiger partial charge in [-0.05, 0) is 69.3 Å². The molecule has 1 aromatic rings. The van der Waals surface area contributed by atoms with Crippen LogP contribution in [0.2, 0.25) is 5.02 Å². The fourth-order valence-electron chi connectivity index (χ4n) is 5.08. The fourth-order valence-corrected chi connectivity index (χ4v) is 5.28. The van der Waals surface area contributed by atoms with E-state index in [-0.39, 0.29) is 24.0 Å². The average Bonchev–Trinajstić information content (AvgIpc) is 3.28. The molecule has 0 aliphatic carbocycles. The topological polar surface area (TPSA) is 48.9 Å². The largest absolute Gasteiger partial charge is 0.373 e. The van der Waals surface area contributed by atoms with E-state index in [9.17, 15) is 0 Å². The third-order valence-electron chi connectivity index (χ3n) is 6.38. The molecule has 28 heavy (non-hydrogen) atoms. The van der Waals surface area contributed by atoms with Crippen LogP contribution in [-0.4, -0.2) is 56.3 Å². The highest BCUT2D eigenvalue weighted by Crippen LogP contribution is 2.36. The molecule has 5 unspecified atom stereocenters. The third kappa shape index (κ3) is 4.94. The van der Waals surface area contributed by atoms with E-state index in [1.807, 2.05) is 13.1 Å². The predicted octanol–water partition coefficient (Wildman–Crippen LogP) is 3.83. The van der Waals surface area contributed by atoms with Crippen molar-refractivity contribution >= 4 is 41.5 Å². The molecule has 0 saturated carbocycles. The Morgan fingerprint density at radius 1 is 1.32 bits per heavy atom. The molecule has 3 aliphatic rings. The van der Waals surface area contributed by atoms with E-state index in [0.717, 1.165) is 30.5 Å². The van der Waals surface area contributed by atoms with E-state index < -0.39 is 0 Å². The number of nitrogens with zero attached hydrogens (tertiary/aromatic N) is 2. The highest BCUT2D eigenvalue weighted by atomic mass is 127. The second-order valence-corrected chi connectivity index (χ2v) is 8.63. The van der Waals surface area contributed by atoms with Crippen molar-refractivity contribution in [2.24, 2.45) is 10.9 Å². The number of fused-ring (bicyclic) bond motifs is 2. The summed E-state index contributed by atoms with van der Waals surface area (Å²) in [6.07, 6.45) is 6.73. The number of likely N-dealkylation sites (tertiary alicyclic amines) is 1. The highest BCUT2D eigenvalue weighted by molar-refractivity contribution is 14.0. The lowest BCUT2D eigenvalue weighted by atomic mass is 9.85. The summed E-state index contributed by atoms with van der Waals surface area (Å²) < 4.78 is 5.96. The Morgan fingerprint density at radius 2 is 2.18 bits per heavy atom. The number of nitrogens with one attached hydrogen (secondary N) is 2. The monoisotopic (exact) mass is 518 g/mol. The normalized spacial score (nSPS) is 32.8. The van der Waals surface area contributed by atoms with Gasteiger partial charge in [0.15, 0.2) is 5.96 Å². The lowest BCUT2D eigenvalue weighted by molar-refractivity contribution is 0.0991. The minimum absolute atomic E-state index is 0. The van der Waals surface area contributed by atoms with Gasteiger partial charge in [0.25, 0.3) is 0 Å². The molecule has 3 saturated heterocycles. The number of rotatable bonds is 4. The average molecular weight is 519 g/mol. The Kier molecular flexibility index (Phi) is 7.87. The minimum atomic E-state index is 0. The Bertz CT molecular complexity index is 688. The van der Waals surface area contributed by atoms with Crippen LogP contribution in [0, 0.1) is 5.92 Å². The van der Waals surface area contributed by atoms with E-state index in [1.54, 1.807) is 0 Å². The molecule has 1 aromatic carbocycles. The number of ether oxygens (including phenoxy) is 1. The molecule has 0 aromatic heterocycles. The van der Waals surface area contributed by atoms with Gasteiger partial charge in [0.2, 0.25) is 0 Å². The summed E-state index contributed by atoms with van der Waals surface area (Å²) in [4.78, 5) is 6.91. The quantitative estimate of drug-likeness (QED) is 0.361. The second-order valence-electron chi connectivity index (χ2n) is 8.20. The maximum Gasteiger partial charge on any atom is 0.191 e. The molecule has 3 aliphatic heterocycles. The Morgan fingerprint density at radius 3 is 2.86 bits per heavy atom. The van der Waals surface area contributed by atoms with Gasteiger partial charge >= 0.3 is 0 Å². The zero-order valence-electron chi connectivity index (χ0n) is 16.7. The Labute approximate surface area is 190 Å². The first-order chi connectivity index (χ1) is 13.1. The Balaban J connectivity index is 0.00000225.